The number of hydrogen-bond acceptors (Lipinski definition) is 3. The minimum Gasteiger partial charge on any atom is -0.326 e. The highest BCUT2D eigenvalue weighted by atomic mass is 15.3. The van der Waals surface area contributed by atoms with Gasteiger partial charge >= 0.3 is 0 Å². The van der Waals surface area contributed by atoms with E-state index in [1.165, 1.54) is 11.3 Å². The largest absolute Gasteiger partial charge is 0.326 e. The Labute approximate surface area is 108 Å². The van der Waals surface area contributed by atoms with Gasteiger partial charge in [0, 0.05) is 31.0 Å². The van der Waals surface area contributed by atoms with E-state index in [0.29, 0.717) is 0 Å². The van der Waals surface area contributed by atoms with Crippen LogP contribution in [0.3, 0.4) is 0 Å². The van der Waals surface area contributed by atoms with Crippen LogP contribution in [-0.4, -0.2) is 25.9 Å². The van der Waals surface area contributed by atoms with Crippen molar-refractivity contribution < 1.29 is 0 Å². The molecule has 0 spiro atoms. The Morgan fingerprint density at radius 3 is 2.78 bits per heavy atom. The van der Waals surface area contributed by atoms with Gasteiger partial charge in [-0.15, -0.1) is 0 Å². The molecule has 5 heteroatoms. The summed E-state index contributed by atoms with van der Waals surface area (Å²) in [6.07, 6.45) is 5.97. The second-order valence-corrected chi connectivity index (χ2v) is 4.37. The van der Waals surface area contributed by atoms with Gasteiger partial charge in [-0.2, -0.15) is 5.10 Å². The lowest BCUT2D eigenvalue weighted by Crippen LogP contribution is -2.16. The molecule has 98 valence electrons. The minimum atomic E-state index is 0.840. The summed E-state index contributed by atoms with van der Waals surface area (Å²) in [5.74, 6) is 1.05. The average Bonchev–Trinajstić information content (AvgIpc) is 2.96. The SMILES string of the molecule is CCNCc1cnc(C)n1Cc1cnn(CC)c1. The van der Waals surface area contributed by atoms with E-state index in [0.717, 1.165) is 32.0 Å². The number of aromatic nitrogens is 4. The zero-order chi connectivity index (χ0) is 13.0. The summed E-state index contributed by atoms with van der Waals surface area (Å²) < 4.78 is 4.19. The molecule has 2 aromatic heterocycles. The Morgan fingerprint density at radius 1 is 1.28 bits per heavy atom. The standard InChI is InChI=1S/C13H21N5/c1-4-14-7-13-8-15-11(3)18(13)10-12-6-16-17(5-2)9-12/h6,8-9,14H,4-5,7,10H2,1-3H3. The van der Waals surface area contributed by atoms with E-state index in [9.17, 15) is 0 Å². The number of nitrogens with one attached hydrogen (secondary N) is 1. The summed E-state index contributed by atoms with van der Waals surface area (Å²) in [4.78, 5) is 4.39. The number of nitrogens with zero attached hydrogens (tertiary/aromatic N) is 4. The summed E-state index contributed by atoms with van der Waals surface area (Å²) in [7, 11) is 0. The van der Waals surface area contributed by atoms with Crippen molar-refractivity contribution >= 4 is 0 Å². The summed E-state index contributed by atoms with van der Waals surface area (Å²) >= 11 is 0. The van der Waals surface area contributed by atoms with Gasteiger partial charge in [-0.1, -0.05) is 6.92 Å². The molecule has 0 amide bonds. The maximum atomic E-state index is 4.39. The van der Waals surface area contributed by atoms with E-state index < -0.39 is 0 Å². The highest BCUT2D eigenvalue weighted by Crippen LogP contribution is 2.09. The van der Waals surface area contributed by atoms with Crippen LogP contribution in [-0.2, 0) is 19.6 Å². The normalized spacial score (nSPS) is 11.1. The molecular formula is C13H21N5. The monoisotopic (exact) mass is 247 g/mol. The van der Waals surface area contributed by atoms with E-state index in [-0.39, 0.29) is 0 Å². The third-order valence-corrected chi connectivity index (χ3v) is 3.05. The zero-order valence-electron chi connectivity index (χ0n) is 11.3. The maximum Gasteiger partial charge on any atom is 0.106 e. The Bertz CT molecular complexity index is 497. The lowest BCUT2D eigenvalue weighted by atomic mass is 10.3. The molecule has 0 aliphatic carbocycles. The van der Waals surface area contributed by atoms with Crippen molar-refractivity contribution in [3.05, 3.63) is 35.7 Å². The molecule has 0 saturated carbocycles. The van der Waals surface area contributed by atoms with Gasteiger partial charge < -0.3 is 9.88 Å². The minimum absolute atomic E-state index is 0.840. The third-order valence-electron chi connectivity index (χ3n) is 3.05. The van der Waals surface area contributed by atoms with Crippen LogP contribution in [0.2, 0.25) is 0 Å². The Kier molecular flexibility index (Phi) is 4.15. The first-order valence-electron chi connectivity index (χ1n) is 6.47. The first kappa shape index (κ1) is 12.8. The van der Waals surface area contributed by atoms with Crippen LogP contribution >= 0.6 is 0 Å². The number of hydrogen-bond donors (Lipinski definition) is 1. The second-order valence-electron chi connectivity index (χ2n) is 4.37. The van der Waals surface area contributed by atoms with E-state index in [1.54, 1.807) is 0 Å². The lowest BCUT2D eigenvalue weighted by Gasteiger charge is -2.09. The van der Waals surface area contributed by atoms with E-state index in [4.69, 9.17) is 0 Å². The molecule has 0 bridgehead atoms. The Morgan fingerprint density at radius 2 is 2.11 bits per heavy atom. The third kappa shape index (κ3) is 2.79. The van der Waals surface area contributed by atoms with Crippen LogP contribution in [0.1, 0.15) is 30.9 Å². The second kappa shape index (κ2) is 5.82. The topological polar surface area (TPSA) is 47.7 Å². The molecule has 18 heavy (non-hydrogen) atoms. The van der Waals surface area contributed by atoms with E-state index in [2.05, 4.69) is 40.0 Å². The molecular weight excluding hydrogens is 226 g/mol. The molecule has 0 radical (unpaired) electrons. The van der Waals surface area contributed by atoms with Crippen LogP contribution in [0.5, 0.6) is 0 Å². The van der Waals surface area contributed by atoms with Crippen molar-refractivity contribution in [3.63, 3.8) is 0 Å². The summed E-state index contributed by atoms with van der Waals surface area (Å²) in [5.41, 5.74) is 2.44. The van der Waals surface area contributed by atoms with E-state index >= 15 is 0 Å². The molecule has 2 heterocycles. The molecule has 0 unspecified atom stereocenters. The molecule has 5 nitrogen and oxygen atoms in total. The predicted molar refractivity (Wildman–Crippen MR) is 71.3 cm³/mol. The van der Waals surface area contributed by atoms with Crippen molar-refractivity contribution in [2.24, 2.45) is 0 Å². The number of rotatable bonds is 6. The quantitative estimate of drug-likeness (QED) is 0.843. The van der Waals surface area contributed by atoms with Gasteiger partial charge in [0.25, 0.3) is 0 Å². The highest BCUT2D eigenvalue weighted by molar-refractivity contribution is 5.11. The van der Waals surface area contributed by atoms with Crippen LogP contribution in [0.15, 0.2) is 18.6 Å². The van der Waals surface area contributed by atoms with Gasteiger partial charge in [-0.05, 0) is 20.4 Å². The Hall–Kier alpha value is -1.62. The van der Waals surface area contributed by atoms with Gasteiger partial charge in [0.05, 0.1) is 18.4 Å². The maximum absolute atomic E-state index is 4.39. The van der Waals surface area contributed by atoms with Gasteiger partial charge in [-0.3, -0.25) is 4.68 Å². The van der Waals surface area contributed by atoms with Crippen molar-refractivity contribution in [2.75, 3.05) is 6.54 Å². The van der Waals surface area contributed by atoms with Crippen LogP contribution < -0.4 is 5.32 Å². The summed E-state index contributed by atoms with van der Waals surface area (Å²) in [5, 5.41) is 7.64. The van der Waals surface area contributed by atoms with Crippen LogP contribution in [0.25, 0.3) is 0 Å². The first-order valence-corrected chi connectivity index (χ1v) is 6.47. The fraction of sp³-hybridized carbons (Fsp3) is 0.538. The van der Waals surface area contributed by atoms with Crippen molar-refractivity contribution in [2.45, 2.75) is 40.4 Å². The molecule has 0 fully saturated rings. The lowest BCUT2D eigenvalue weighted by molar-refractivity contribution is 0.642. The fourth-order valence-electron chi connectivity index (χ4n) is 1.97. The molecule has 0 saturated heterocycles. The van der Waals surface area contributed by atoms with Gasteiger partial charge in [0.15, 0.2) is 0 Å². The molecule has 0 aromatic carbocycles. The van der Waals surface area contributed by atoms with Crippen molar-refractivity contribution in [1.82, 2.24) is 24.6 Å². The Balaban J connectivity index is 2.14. The fourth-order valence-corrected chi connectivity index (χ4v) is 1.97. The van der Waals surface area contributed by atoms with E-state index in [1.807, 2.05) is 24.0 Å². The molecule has 0 aliphatic rings. The predicted octanol–water partition coefficient (Wildman–Crippen LogP) is 1.57. The zero-order valence-corrected chi connectivity index (χ0v) is 11.3. The molecule has 0 atom stereocenters. The average molecular weight is 247 g/mol. The van der Waals surface area contributed by atoms with Gasteiger partial charge in [0.2, 0.25) is 0 Å². The number of imidazole rings is 1. The van der Waals surface area contributed by atoms with Crippen molar-refractivity contribution in [1.29, 1.82) is 0 Å². The summed E-state index contributed by atoms with van der Waals surface area (Å²) in [6.45, 7) is 9.82. The molecule has 0 aliphatic heterocycles. The molecule has 2 aromatic rings. The van der Waals surface area contributed by atoms with Crippen LogP contribution in [0.4, 0.5) is 0 Å². The highest BCUT2D eigenvalue weighted by Gasteiger charge is 2.07. The van der Waals surface area contributed by atoms with Gasteiger partial charge in [-0.25, -0.2) is 4.98 Å². The number of aryl methyl sites for hydroxylation is 2. The smallest absolute Gasteiger partial charge is 0.106 e. The summed E-state index contributed by atoms with van der Waals surface area (Å²) in [6, 6.07) is 0. The van der Waals surface area contributed by atoms with Crippen LogP contribution in [0, 0.1) is 6.92 Å². The molecule has 2 rings (SSSR count). The molecule has 1 N–H and O–H groups in total. The van der Waals surface area contributed by atoms with Gasteiger partial charge in [0.1, 0.15) is 5.82 Å². The van der Waals surface area contributed by atoms with Crippen molar-refractivity contribution in [3.8, 4) is 0 Å². The first-order chi connectivity index (χ1) is 8.74.